The summed E-state index contributed by atoms with van der Waals surface area (Å²) in [5, 5.41) is 2.95. The fourth-order valence-corrected chi connectivity index (χ4v) is 2.81. The number of benzene rings is 2. The Hall–Kier alpha value is -2.53. The number of hydrogen-bond donors (Lipinski definition) is 1. The third kappa shape index (κ3) is 4.97. The van der Waals surface area contributed by atoms with Crippen molar-refractivity contribution in [2.24, 2.45) is 0 Å². The van der Waals surface area contributed by atoms with Gasteiger partial charge in [0.2, 0.25) is 5.91 Å². The summed E-state index contributed by atoms with van der Waals surface area (Å²) >= 11 is 0. The molecule has 5 nitrogen and oxygen atoms in total. The van der Waals surface area contributed by atoms with E-state index in [4.69, 9.17) is 9.47 Å². The molecule has 0 spiro atoms. The number of rotatable bonds is 8. The maximum Gasteiger partial charge on any atom is 0.238 e. The number of ether oxygens (including phenoxy) is 2. The highest BCUT2D eigenvalue weighted by molar-refractivity contribution is 5.92. The van der Waals surface area contributed by atoms with E-state index in [1.165, 1.54) is 5.56 Å². The Bertz CT molecular complexity index is 711. The number of nitrogens with zero attached hydrogens (tertiary/aromatic N) is 1. The summed E-state index contributed by atoms with van der Waals surface area (Å²) in [5.74, 6) is 1.57. The number of amides is 1. The second-order valence-electron chi connectivity index (χ2n) is 6.26. The fraction of sp³-hybridized carbons (Fsp3) is 0.350. The van der Waals surface area contributed by atoms with Gasteiger partial charge in [0.15, 0.2) is 0 Å². The lowest BCUT2D eigenvalue weighted by Crippen LogP contribution is -2.34. The summed E-state index contributed by atoms with van der Waals surface area (Å²) in [4.78, 5) is 14.7. The molecule has 1 amide bonds. The van der Waals surface area contributed by atoms with Gasteiger partial charge in [-0.2, -0.15) is 0 Å². The van der Waals surface area contributed by atoms with Crippen molar-refractivity contribution in [2.45, 2.75) is 25.4 Å². The van der Waals surface area contributed by atoms with Gasteiger partial charge in [0.05, 0.1) is 20.8 Å². The van der Waals surface area contributed by atoms with Crippen LogP contribution in [0.1, 0.15) is 18.4 Å². The third-order valence-electron chi connectivity index (χ3n) is 4.31. The second kappa shape index (κ2) is 8.03. The van der Waals surface area contributed by atoms with Gasteiger partial charge in [0.1, 0.15) is 11.5 Å². The maximum atomic E-state index is 12.4. The van der Waals surface area contributed by atoms with Crippen molar-refractivity contribution < 1.29 is 14.3 Å². The molecule has 1 saturated carbocycles. The van der Waals surface area contributed by atoms with Crippen molar-refractivity contribution in [3.8, 4) is 11.5 Å². The van der Waals surface area contributed by atoms with Crippen LogP contribution < -0.4 is 14.8 Å². The first kappa shape index (κ1) is 17.3. The van der Waals surface area contributed by atoms with E-state index in [9.17, 15) is 4.79 Å². The standard InChI is InChI=1S/C20H24N2O3/c1-24-18-10-6-15(7-11-18)13-22(17-8-9-17)14-20(23)21-16-4-3-5-19(12-16)25-2/h3-7,10-12,17H,8-9,13-14H2,1-2H3,(H,21,23). The molecule has 1 N–H and O–H groups in total. The van der Waals surface area contributed by atoms with Crippen molar-refractivity contribution in [3.05, 3.63) is 54.1 Å². The molecule has 0 bridgehead atoms. The Labute approximate surface area is 148 Å². The van der Waals surface area contributed by atoms with Crippen LogP contribution in [0.3, 0.4) is 0 Å². The third-order valence-corrected chi connectivity index (χ3v) is 4.31. The summed E-state index contributed by atoms with van der Waals surface area (Å²) in [7, 11) is 3.28. The van der Waals surface area contributed by atoms with Crippen molar-refractivity contribution in [2.75, 3.05) is 26.1 Å². The van der Waals surface area contributed by atoms with E-state index in [0.29, 0.717) is 12.6 Å². The molecule has 1 aliphatic rings. The van der Waals surface area contributed by atoms with Crippen molar-refractivity contribution in [3.63, 3.8) is 0 Å². The lowest BCUT2D eigenvalue weighted by molar-refractivity contribution is -0.117. The molecule has 0 radical (unpaired) electrons. The van der Waals surface area contributed by atoms with E-state index in [-0.39, 0.29) is 5.91 Å². The van der Waals surface area contributed by atoms with Crippen LogP contribution in [-0.4, -0.2) is 37.6 Å². The van der Waals surface area contributed by atoms with Crippen LogP contribution in [0.25, 0.3) is 0 Å². The Morgan fingerprint density at radius 3 is 2.44 bits per heavy atom. The van der Waals surface area contributed by atoms with Crippen LogP contribution in [0.5, 0.6) is 11.5 Å². The second-order valence-corrected chi connectivity index (χ2v) is 6.26. The Morgan fingerprint density at radius 1 is 1.08 bits per heavy atom. The van der Waals surface area contributed by atoms with Gasteiger partial charge in [-0.15, -0.1) is 0 Å². The summed E-state index contributed by atoms with van der Waals surface area (Å²) < 4.78 is 10.4. The van der Waals surface area contributed by atoms with E-state index in [2.05, 4.69) is 10.2 Å². The Balaban J connectivity index is 1.59. The Kier molecular flexibility index (Phi) is 5.56. The van der Waals surface area contributed by atoms with Crippen molar-refractivity contribution in [1.82, 2.24) is 4.90 Å². The zero-order chi connectivity index (χ0) is 17.6. The lowest BCUT2D eigenvalue weighted by Gasteiger charge is -2.21. The minimum Gasteiger partial charge on any atom is -0.497 e. The molecule has 132 valence electrons. The van der Waals surface area contributed by atoms with Gasteiger partial charge in [-0.1, -0.05) is 18.2 Å². The van der Waals surface area contributed by atoms with E-state index < -0.39 is 0 Å². The summed E-state index contributed by atoms with van der Waals surface area (Å²) in [6.07, 6.45) is 2.31. The first-order chi connectivity index (χ1) is 12.2. The molecule has 3 rings (SSSR count). The minimum atomic E-state index is -0.00587. The van der Waals surface area contributed by atoms with Crippen molar-refractivity contribution in [1.29, 1.82) is 0 Å². The predicted molar refractivity (Wildman–Crippen MR) is 98.0 cm³/mol. The SMILES string of the molecule is COc1ccc(CN(CC(=O)Nc2cccc(OC)c2)C2CC2)cc1. The maximum absolute atomic E-state index is 12.4. The van der Waals surface area contributed by atoms with Gasteiger partial charge in [-0.3, -0.25) is 9.69 Å². The van der Waals surface area contributed by atoms with E-state index in [1.54, 1.807) is 14.2 Å². The molecule has 0 atom stereocenters. The van der Waals surface area contributed by atoms with E-state index >= 15 is 0 Å². The molecule has 0 aromatic heterocycles. The Morgan fingerprint density at radius 2 is 1.80 bits per heavy atom. The van der Waals surface area contributed by atoms with Crippen LogP contribution in [0.4, 0.5) is 5.69 Å². The molecule has 0 unspecified atom stereocenters. The highest BCUT2D eigenvalue weighted by Gasteiger charge is 2.30. The first-order valence-electron chi connectivity index (χ1n) is 8.49. The molecule has 25 heavy (non-hydrogen) atoms. The zero-order valence-electron chi connectivity index (χ0n) is 14.7. The topological polar surface area (TPSA) is 50.8 Å². The van der Waals surface area contributed by atoms with E-state index in [0.717, 1.165) is 36.6 Å². The smallest absolute Gasteiger partial charge is 0.238 e. The number of nitrogens with one attached hydrogen (secondary N) is 1. The van der Waals surface area contributed by atoms with Crippen LogP contribution in [-0.2, 0) is 11.3 Å². The summed E-state index contributed by atoms with van der Waals surface area (Å²) in [6, 6.07) is 15.9. The number of carbonyl (C=O) groups excluding carboxylic acids is 1. The number of carbonyl (C=O) groups is 1. The normalized spacial score (nSPS) is 13.6. The van der Waals surface area contributed by atoms with Gasteiger partial charge in [-0.25, -0.2) is 0 Å². The molecule has 1 fully saturated rings. The molecule has 2 aromatic rings. The molecule has 0 heterocycles. The van der Waals surface area contributed by atoms with Gasteiger partial charge in [0.25, 0.3) is 0 Å². The van der Waals surface area contributed by atoms with Gasteiger partial charge in [0, 0.05) is 24.3 Å². The predicted octanol–water partition coefficient (Wildman–Crippen LogP) is 3.31. The summed E-state index contributed by atoms with van der Waals surface area (Å²) in [6.45, 7) is 1.15. The molecule has 1 aliphatic carbocycles. The van der Waals surface area contributed by atoms with Gasteiger partial charge in [-0.05, 0) is 42.7 Å². The van der Waals surface area contributed by atoms with E-state index in [1.807, 2.05) is 48.5 Å². The quantitative estimate of drug-likeness (QED) is 0.801. The number of hydrogen-bond acceptors (Lipinski definition) is 4. The van der Waals surface area contributed by atoms with Gasteiger partial charge >= 0.3 is 0 Å². The minimum absolute atomic E-state index is 0.00587. The molecular weight excluding hydrogens is 316 g/mol. The largest absolute Gasteiger partial charge is 0.497 e. The average molecular weight is 340 g/mol. The lowest BCUT2D eigenvalue weighted by atomic mass is 10.2. The molecule has 2 aromatic carbocycles. The van der Waals surface area contributed by atoms with Crippen LogP contribution in [0.15, 0.2) is 48.5 Å². The summed E-state index contributed by atoms with van der Waals surface area (Å²) in [5.41, 5.74) is 1.94. The fourth-order valence-electron chi connectivity index (χ4n) is 2.81. The number of methoxy groups -OCH3 is 2. The molecular formula is C20H24N2O3. The van der Waals surface area contributed by atoms with Crippen LogP contribution in [0.2, 0.25) is 0 Å². The number of anilines is 1. The molecule has 0 saturated heterocycles. The van der Waals surface area contributed by atoms with Crippen LogP contribution in [0, 0.1) is 0 Å². The monoisotopic (exact) mass is 340 g/mol. The molecule has 0 aliphatic heterocycles. The van der Waals surface area contributed by atoms with Crippen molar-refractivity contribution >= 4 is 11.6 Å². The highest BCUT2D eigenvalue weighted by atomic mass is 16.5. The zero-order valence-corrected chi connectivity index (χ0v) is 14.7. The highest BCUT2D eigenvalue weighted by Crippen LogP contribution is 2.28. The van der Waals surface area contributed by atoms with Gasteiger partial charge < -0.3 is 14.8 Å². The molecule has 5 heteroatoms. The van der Waals surface area contributed by atoms with Crippen LogP contribution >= 0.6 is 0 Å². The first-order valence-corrected chi connectivity index (χ1v) is 8.49. The average Bonchev–Trinajstić information content (AvgIpc) is 3.47.